The van der Waals surface area contributed by atoms with E-state index in [4.69, 9.17) is 0 Å². The van der Waals surface area contributed by atoms with Gasteiger partial charge in [-0.15, -0.1) is 5.10 Å². The Morgan fingerprint density at radius 1 is 1.36 bits per heavy atom. The van der Waals surface area contributed by atoms with Crippen LogP contribution in [0.5, 0.6) is 0 Å². The normalized spacial score (nSPS) is 17.1. The molecule has 0 unspecified atom stereocenters. The van der Waals surface area contributed by atoms with E-state index < -0.39 is 10.0 Å². The molecule has 2 aromatic heterocycles. The number of rotatable bonds is 5. The highest BCUT2D eigenvalue weighted by Crippen LogP contribution is 2.26. The summed E-state index contributed by atoms with van der Waals surface area (Å²) in [5, 5.41) is 7.78. The average molecular weight is 324 g/mol. The topological polar surface area (TPSA) is 85.9 Å². The van der Waals surface area contributed by atoms with Gasteiger partial charge in [0.2, 0.25) is 0 Å². The maximum atomic E-state index is 12.6. The van der Waals surface area contributed by atoms with Gasteiger partial charge < -0.3 is 4.57 Å². The van der Waals surface area contributed by atoms with Crippen molar-refractivity contribution in [3.05, 3.63) is 24.4 Å². The van der Waals surface area contributed by atoms with Gasteiger partial charge in [0.1, 0.15) is 5.82 Å². The Bertz CT molecular complexity index is 744. The molecule has 0 amide bonds. The molecule has 9 heteroatoms. The molecule has 8 nitrogen and oxygen atoms in total. The van der Waals surface area contributed by atoms with Crippen molar-refractivity contribution >= 4 is 10.0 Å². The molecule has 0 atom stereocenters. The minimum Gasteiger partial charge on any atom is -0.336 e. The highest BCUT2D eigenvalue weighted by molar-refractivity contribution is 7.89. The molecule has 0 saturated carbocycles. The number of nitrogens with zero attached hydrogens (tertiary/aromatic N) is 6. The van der Waals surface area contributed by atoms with Crippen molar-refractivity contribution < 1.29 is 8.42 Å². The van der Waals surface area contributed by atoms with Crippen LogP contribution in [0, 0.1) is 5.92 Å². The van der Waals surface area contributed by atoms with Crippen LogP contribution in [0.4, 0.5) is 0 Å². The van der Waals surface area contributed by atoms with Crippen molar-refractivity contribution in [2.75, 3.05) is 13.1 Å². The summed E-state index contributed by atoms with van der Waals surface area (Å²) in [5.41, 5.74) is 0. The molecule has 0 N–H and O–H groups in total. The summed E-state index contributed by atoms with van der Waals surface area (Å²) < 4.78 is 30.1. The Morgan fingerprint density at radius 2 is 2.09 bits per heavy atom. The summed E-state index contributed by atoms with van der Waals surface area (Å²) in [6.45, 7) is 5.67. The lowest BCUT2D eigenvalue weighted by molar-refractivity contribution is 0.173. The van der Waals surface area contributed by atoms with Crippen molar-refractivity contribution in [2.45, 2.75) is 31.3 Å². The van der Waals surface area contributed by atoms with Crippen molar-refractivity contribution in [3.8, 4) is 0 Å². The van der Waals surface area contributed by atoms with Crippen LogP contribution in [-0.4, -0.2) is 50.4 Å². The summed E-state index contributed by atoms with van der Waals surface area (Å²) in [4.78, 5) is 4.29. The van der Waals surface area contributed by atoms with E-state index in [-0.39, 0.29) is 16.9 Å². The van der Waals surface area contributed by atoms with Gasteiger partial charge in [-0.25, -0.2) is 13.4 Å². The summed E-state index contributed by atoms with van der Waals surface area (Å²) in [6, 6.07) is 0. The fraction of sp³-hybridized carbons (Fsp3) is 0.615. The summed E-state index contributed by atoms with van der Waals surface area (Å²) >= 11 is 0. The second-order valence-corrected chi connectivity index (χ2v) is 7.90. The molecule has 0 spiro atoms. The van der Waals surface area contributed by atoms with Gasteiger partial charge in [0, 0.05) is 50.9 Å². The smallest absolute Gasteiger partial charge is 0.262 e. The first-order chi connectivity index (χ1) is 10.4. The third-order valence-corrected chi connectivity index (χ3v) is 5.55. The van der Waals surface area contributed by atoms with Crippen LogP contribution in [0.3, 0.4) is 0 Å². The van der Waals surface area contributed by atoms with Crippen molar-refractivity contribution in [1.29, 1.82) is 0 Å². The van der Waals surface area contributed by atoms with Crippen molar-refractivity contribution in [3.63, 3.8) is 0 Å². The minimum atomic E-state index is -3.49. The van der Waals surface area contributed by atoms with Crippen LogP contribution >= 0.6 is 0 Å². The zero-order chi connectivity index (χ0) is 15.9. The molecule has 2 aromatic rings. The predicted molar refractivity (Wildman–Crippen MR) is 79.6 cm³/mol. The zero-order valence-electron chi connectivity index (χ0n) is 12.9. The van der Waals surface area contributed by atoms with Gasteiger partial charge in [-0.1, -0.05) is 19.1 Å². The van der Waals surface area contributed by atoms with Gasteiger partial charge in [0.15, 0.2) is 5.03 Å². The molecule has 1 fully saturated rings. The van der Waals surface area contributed by atoms with Crippen LogP contribution in [0.1, 0.15) is 25.6 Å². The quantitative estimate of drug-likeness (QED) is 0.797. The second-order valence-electron chi connectivity index (χ2n) is 6.02. The lowest BCUT2D eigenvalue weighted by atomic mass is 10.0. The number of aryl methyl sites for hydroxylation is 1. The monoisotopic (exact) mass is 324 g/mol. The Balaban J connectivity index is 1.69. The predicted octanol–water partition coefficient (Wildman–Crippen LogP) is 0.456. The van der Waals surface area contributed by atoms with E-state index in [9.17, 15) is 8.42 Å². The molecule has 120 valence electrons. The molecule has 3 heterocycles. The van der Waals surface area contributed by atoms with Crippen molar-refractivity contribution in [1.82, 2.24) is 28.9 Å². The van der Waals surface area contributed by atoms with Crippen molar-refractivity contribution in [2.24, 2.45) is 13.0 Å². The largest absolute Gasteiger partial charge is 0.336 e. The van der Waals surface area contributed by atoms with Crippen LogP contribution in [0.25, 0.3) is 0 Å². The van der Waals surface area contributed by atoms with E-state index >= 15 is 0 Å². The highest BCUT2D eigenvalue weighted by Gasteiger charge is 2.38. The number of hydrogen-bond donors (Lipinski definition) is 0. The Morgan fingerprint density at radius 3 is 2.64 bits per heavy atom. The summed E-state index contributed by atoms with van der Waals surface area (Å²) in [5.74, 6) is 1.23. The lowest BCUT2D eigenvalue weighted by Crippen LogP contribution is -2.51. The molecular formula is C13H20N6O2S. The third kappa shape index (κ3) is 2.66. The maximum Gasteiger partial charge on any atom is 0.262 e. The Hall–Kier alpha value is -1.74. The first-order valence-electron chi connectivity index (χ1n) is 7.25. The van der Waals surface area contributed by atoms with Gasteiger partial charge in [0.25, 0.3) is 10.0 Å². The SMILES string of the molecule is CC(C)c1nc(S(=O)(=O)N2CC(Cn3ccnn3)C2)cn1C. The molecule has 0 radical (unpaired) electrons. The van der Waals surface area contributed by atoms with E-state index in [1.807, 2.05) is 20.9 Å². The summed E-state index contributed by atoms with van der Waals surface area (Å²) in [7, 11) is -1.67. The number of aromatic nitrogens is 5. The van der Waals surface area contributed by atoms with E-state index in [1.165, 1.54) is 4.31 Å². The summed E-state index contributed by atoms with van der Waals surface area (Å²) in [6.07, 6.45) is 4.99. The standard InChI is InChI=1S/C13H20N6O2S/c1-10(2)13-15-12(9-17(13)3)22(20,21)19-7-11(8-19)6-18-5-4-14-16-18/h4-5,9-11H,6-8H2,1-3H3. The van der Waals surface area contributed by atoms with Gasteiger partial charge in [-0.2, -0.15) is 4.31 Å². The van der Waals surface area contributed by atoms with E-state index in [1.54, 1.807) is 27.8 Å². The molecule has 0 aromatic carbocycles. The Kier molecular flexibility index (Phi) is 3.77. The number of hydrogen-bond acceptors (Lipinski definition) is 5. The fourth-order valence-electron chi connectivity index (χ4n) is 2.67. The molecular weight excluding hydrogens is 304 g/mol. The van der Waals surface area contributed by atoms with Gasteiger partial charge in [0.05, 0.1) is 6.20 Å². The van der Waals surface area contributed by atoms with Gasteiger partial charge in [-0.3, -0.25) is 4.68 Å². The molecule has 0 bridgehead atoms. The second kappa shape index (κ2) is 5.47. The van der Waals surface area contributed by atoms with Crippen LogP contribution < -0.4 is 0 Å². The van der Waals surface area contributed by atoms with Crippen LogP contribution in [0.15, 0.2) is 23.6 Å². The number of sulfonamides is 1. The maximum absolute atomic E-state index is 12.6. The van der Waals surface area contributed by atoms with E-state index in [0.29, 0.717) is 19.6 Å². The van der Waals surface area contributed by atoms with Crippen LogP contribution in [0.2, 0.25) is 0 Å². The lowest BCUT2D eigenvalue weighted by Gasteiger charge is -2.37. The molecule has 0 aliphatic carbocycles. The molecule has 1 aliphatic rings. The van der Waals surface area contributed by atoms with Gasteiger partial charge >= 0.3 is 0 Å². The average Bonchev–Trinajstić information content (AvgIpc) is 3.02. The molecule has 3 rings (SSSR count). The molecule has 1 saturated heterocycles. The minimum absolute atomic E-state index is 0.137. The van der Waals surface area contributed by atoms with E-state index in [2.05, 4.69) is 15.3 Å². The molecule has 1 aliphatic heterocycles. The first kappa shape index (κ1) is 15.2. The fourth-order valence-corrected chi connectivity index (χ4v) is 4.25. The third-order valence-electron chi connectivity index (χ3n) is 3.85. The Labute approximate surface area is 129 Å². The van der Waals surface area contributed by atoms with E-state index in [0.717, 1.165) is 5.82 Å². The van der Waals surface area contributed by atoms with Crippen LogP contribution in [-0.2, 0) is 23.6 Å². The zero-order valence-corrected chi connectivity index (χ0v) is 13.7. The highest BCUT2D eigenvalue weighted by atomic mass is 32.2. The molecule has 22 heavy (non-hydrogen) atoms. The first-order valence-corrected chi connectivity index (χ1v) is 8.69. The number of imidazole rings is 1. The van der Waals surface area contributed by atoms with Gasteiger partial charge in [-0.05, 0) is 0 Å².